The molecule has 0 bridgehead atoms. The first-order valence-electron chi connectivity index (χ1n) is 6.26. The summed E-state index contributed by atoms with van der Waals surface area (Å²) in [6, 6.07) is 10.2. The van der Waals surface area contributed by atoms with Crippen molar-refractivity contribution in [1.82, 2.24) is 9.88 Å². The molecule has 0 saturated heterocycles. The minimum atomic E-state index is -3.77. The zero-order chi connectivity index (χ0) is 15.5. The lowest BCUT2D eigenvalue weighted by Gasteiger charge is -2.16. The third-order valence-electron chi connectivity index (χ3n) is 2.76. The highest BCUT2D eigenvalue weighted by molar-refractivity contribution is 7.92. The van der Waals surface area contributed by atoms with Crippen LogP contribution in [0, 0.1) is 0 Å². The molecule has 0 aliphatic rings. The molecule has 0 atom stereocenters. The van der Waals surface area contributed by atoms with Gasteiger partial charge in [-0.15, -0.1) is 0 Å². The van der Waals surface area contributed by atoms with Gasteiger partial charge in [-0.25, -0.2) is 13.4 Å². The monoisotopic (exact) mass is 325 g/mol. The molecule has 0 aliphatic heterocycles. The summed E-state index contributed by atoms with van der Waals surface area (Å²) in [6.45, 7) is 0.624. The van der Waals surface area contributed by atoms with Gasteiger partial charge in [-0.3, -0.25) is 4.72 Å². The molecule has 0 fully saturated rings. The second-order valence-corrected chi connectivity index (χ2v) is 6.80. The minimum Gasteiger partial charge on any atom is -0.305 e. The van der Waals surface area contributed by atoms with Crippen LogP contribution in [-0.4, -0.2) is 32.4 Å². The van der Waals surface area contributed by atoms with Gasteiger partial charge >= 0.3 is 0 Å². The first-order chi connectivity index (χ1) is 9.90. The Morgan fingerprint density at radius 1 is 1.19 bits per heavy atom. The minimum absolute atomic E-state index is 0.0358. The Kier molecular flexibility index (Phi) is 4.82. The molecule has 1 heterocycles. The number of pyridine rings is 1. The van der Waals surface area contributed by atoms with Crippen molar-refractivity contribution in [3.8, 4) is 0 Å². The fraction of sp³-hybridized carbons (Fsp3) is 0.214. The number of aromatic nitrogens is 1. The lowest BCUT2D eigenvalue weighted by molar-refractivity contribution is 0.403. The quantitative estimate of drug-likeness (QED) is 0.858. The normalized spacial score (nSPS) is 11.6. The fourth-order valence-electron chi connectivity index (χ4n) is 1.87. The second kappa shape index (κ2) is 6.43. The van der Waals surface area contributed by atoms with E-state index in [1.165, 1.54) is 18.3 Å². The topological polar surface area (TPSA) is 62.3 Å². The third kappa shape index (κ3) is 3.93. The van der Waals surface area contributed by atoms with E-state index in [1.807, 2.05) is 31.1 Å². The summed E-state index contributed by atoms with van der Waals surface area (Å²) in [5.41, 5.74) is 1.41. The molecule has 21 heavy (non-hydrogen) atoms. The van der Waals surface area contributed by atoms with Crippen LogP contribution in [0.5, 0.6) is 0 Å². The van der Waals surface area contributed by atoms with E-state index in [2.05, 4.69) is 9.71 Å². The molecule has 0 amide bonds. The number of benzene rings is 1. The highest BCUT2D eigenvalue weighted by Gasteiger charge is 2.19. The lowest BCUT2D eigenvalue weighted by atomic mass is 10.2. The van der Waals surface area contributed by atoms with Gasteiger partial charge in [0.2, 0.25) is 0 Å². The molecule has 2 aromatic rings. The van der Waals surface area contributed by atoms with Crippen LogP contribution in [-0.2, 0) is 16.6 Å². The third-order valence-corrected chi connectivity index (χ3v) is 4.57. The van der Waals surface area contributed by atoms with E-state index in [0.29, 0.717) is 12.2 Å². The van der Waals surface area contributed by atoms with Crippen molar-refractivity contribution in [2.45, 2.75) is 11.4 Å². The van der Waals surface area contributed by atoms with Crippen LogP contribution in [0.2, 0.25) is 5.15 Å². The molecule has 0 aliphatic carbocycles. The van der Waals surface area contributed by atoms with Crippen LogP contribution in [0.15, 0.2) is 47.5 Å². The van der Waals surface area contributed by atoms with Gasteiger partial charge in [-0.2, -0.15) is 0 Å². The van der Waals surface area contributed by atoms with E-state index in [4.69, 9.17) is 11.6 Å². The number of nitrogens with zero attached hydrogens (tertiary/aromatic N) is 2. The standard InChI is InChI=1S/C14H16ClN3O2S/c1-18(2)10-11-6-3-4-7-12(11)17-21(19,20)13-8-5-9-16-14(13)15/h3-9,17H,10H2,1-2H3. The lowest BCUT2D eigenvalue weighted by Crippen LogP contribution is -2.17. The van der Waals surface area contributed by atoms with E-state index >= 15 is 0 Å². The Morgan fingerprint density at radius 2 is 1.90 bits per heavy atom. The number of hydrogen-bond acceptors (Lipinski definition) is 4. The average Bonchev–Trinajstić information content (AvgIpc) is 2.40. The Hall–Kier alpha value is -1.63. The molecule has 112 valence electrons. The molecule has 0 unspecified atom stereocenters. The molecule has 0 saturated carbocycles. The van der Waals surface area contributed by atoms with Crippen molar-refractivity contribution < 1.29 is 8.42 Å². The number of para-hydroxylation sites is 1. The van der Waals surface area contributed by atoms with E-state index < -0.39 is 10.0 Å². The summed E-state index contributed by atoms with van der Waals surface area (Å²) in [5, 5.41) is -0.0462. The average molecular weight is 326 g/mol. The zero-order valence-electron chi connectivity index (χ0n) is 11.7. The summed E-state index contributed by atoms with van der Waals surface area (Å²) in [6.07, 6.45) is 1.45. The Morgan fingerprint density at radius 3 is 2.57 bits per heavy atom. The molecule has 2 rings (SSSR count). The second-order valence-electron chi connectivity index (χ2n) is 4.79. The van der Waals surface area contributed by atoms with Gasteiger partial charge in [0.05, 0.1) is 5.69 Å². The molecule has 7 heteroatoms. The Balaban J connectivity index is 2.36. The molecular formula is C14H16ClN3O2S. The summed E-state index contributed by atoms with van der Waals surface area (Å²) < 4.78 is 27.4. The van der Waals surface area contributed by atoms with Crippen LogP contribution >= 0.6 is 11.6 Å². The highest BCUT2D eigenvalue weighted by atomic mass is 35.5. The van der Waals surface area contributed by atoms with Gasteiger partial charge in [0.15, 0.2) is 0 Å². The summed E-state index contributed by atoms with van der Waals surface area (Å²) in [4.78, 5) is 5.72. The van der Waals surface area contributed by atoms with Gasteiger partial charge in [-0.05, 0) is 37.9 Å². The van der Waals surface area contributed by atoms with E-state index in [9.17, 15) is 8.42 Å². The van der Waals surface area contributed by atoms with Crippen molar-refractivity contribution in [1.29, 1.82) is 0 Å². The van der Waals surface area contributed by atoms with Crippen LogP contribution in [0.3, 0.4) is 0 Å². The van der Waals surface area contributed by atoms with E-state index in [-0.39, 0.29) is 10.0 Å². The molecule has 0 radical (unpaired) electrons. The number of rotatable bonds is 5. The van der Waals surface area contributed by atoms with Crippen molar-refractivity contribution in [3.63, 3.8) is 0 Å². The molecule has 0 spiro atoms. The van der Waals surface area contributed by atoms with Crippen molar-refractivity contribution >= 4 is 27.3 Å². The van der Waals surface area contributed by atoms with Crippen LogP contribution < -0.4 is 4.72 Å². The number of anilines is 1. The van der Waals surface area contributed by atoms with E-state index in [1.54, 1.807) is 12.1 Å². The van der Waals surface area contributed by atoms with Crippen molar-refractivity contribution in [3.05, 3.63) is 53.3 Å². The fourth-order valence-corrected chi connectivity index (χ4v) is 3.42. The first kappa shape index (κ1) is 15.8. The predicted molar refractivity (Wildman–Crippen MR) is 83.9 cm³/mol. The number of halogens is 1. The SMILES string of the molecule is CN(C)Cc1ccccc1NS(=O)(=O)c1cccnc1Cl. The predicted octanol–water partition coefficient (Wildman–Crippen LogP) is 2.60. The summed E-state index contributed by atoms with van der Waals surface area (Å²) in [7, 11) is 0.0745. The van der Waals surface area contributed by atoms with Gasteiger partial charge < -0.3 is 4.90 Å². The number of nitrogens with one attached hydrogen (secondary N) is 1. The van der Waals surface area contributed by atoms with Gasteiger partial charge in [0.25, 0.3) is 10.0 Å². The number of sulfonamides is 1. The van der Waals surface area contributed by atoms with E-state index in [0.717, 1.165) is 5.56 Å². The van der Waals surface area contributed by atoms with Crippen LogP contribution in [0.4, 0.5) is 5.69 Å². The van der Waals surface area contributed by atoms with Gasteiger partial charge in [0.1, 0.15) is 10.0 Å². The molecular weight excluding hydrogens is 310 g/mol. The molecule has 1 N–H and O–H groups in total. The first-order valence-corrected chi connectivity index (χ1v) is 8.12. The summed E-state index contributed by atoms with van der Waals surface area (Å²) >= 11 is 5.86. The zero-order valence-corrected chi connectivity index (χ0v) is 13.3. The smallest absolute Gasteiger partial charge is 0.264 e. The van der Waals surface area contributed by atoms with Crippen molar-refractivity contribution in [2.75, 3.05) is 18.8 Å². The molecule has 1 aromatic carbocycles. The summed E-state index contributed by atoms with van der Waals surface area (Å²) in [5.74, 6) is 0. The Bertz CT molecular complexity index is 733. The Labute approximate surface area is 129 Å². The maximum Gasteiger partial charge on any atom is 0.264 e. The van der Waals surface area contributed by atoms with Gasteiger partial charge in [0, 0.05) is 12.7 Å². The molecule has 5 nitrogen and oxygen atoms in total. The number of hydrogen-bond donors (Lipinski definition) is 1. The van der Waals surface area contributed by atoms with Gasteiger partial charge in [-0.1, -0.05) is 29.8 Å². The van der Waals surface area contributed by atoms with Crippen LogP contribution in [0.25, 0.3) is 0 Å². The van der Waals surface area contributed by atoms with Crippen molar-refractivity contribution in [2.24, 2.45) is 0 Å². The largest absolute Gasteiger partial charge is 0.305 e. The highest BCUT2D eigenvalue weighted by Crippen LogP contribution is 2.24. The molecule has 1 aromatic heterocycles. The maximum absolute atomic E-state index is 12.4. The maximum atomic E-state index is 12.4. The van der Waals surface area contributed by atoms with Crippen LogP contribution in [0.1, 0.15) is 5.56 Å².